The Kier molecular flexibility index (Phi) is 5.96. The van der Waals surface area contributed by atoms with Gasteiger partial charge in [0.05, 0.1) is 0 Å². The van der Waals surface area contributed by atoms with E-state index in [4.69, 9.17) is 16.0 Å². The average Bonchev–Trinajstić information content (AvgIpc) is 3.07. The van der Waals surface area contributed by atoms with Crippen LogP contribution in [0.5, 0.6) is 0 Å². The number of aromatic nitrogens is 2. The van der Waals surface area contributed by atoms with Crippen molar-refractivity contribution in [1.29, 1.82) is 0 Å². The van der Waals surface area contributed by atoms with Crippen molar-refractivity contribution in [2.45, 2.75) is 25.2 Å². The third kappa shape index (κ3) is 4.86. The van der Waals surface area contributed by atoms with Crippen LogP contribution >= 0.6 is 23.4 Å². The average molecular weight is 388 g/mol. The van der Waals surface area contributed by atoms with E-state index < -0.39 is 0 Å². The molecule has 3 aromatic rings. The summed E-state index contributed by atoms with van der Waals surface area (Å²) in [7, 11) is 0. The molecule has 0 saturated carbocycles. The molecule has 134 valence electrons. The molecule has 0 aliphatic carbocycles. The van der Waals surface area contributed by atoms with Crippen molar-refractivity contribution >= 4 is 35.3 Å². The van der Waals surface area contributed by atoms with Gasteiger partial charge in [0.25, 0.3) is 0 Å². The minimum atomic E-state index is -0.165. The number of benzene rings is 2. The Labute approximate surface area is 161 Å². The summed E-state index contributed by atoms with van der Waals surface area (Å²) in [6.45, 7) is 4.07. The van der Waals surface area contributed by atoms with E-state index in [1.54, 1.807) is 11.8 Å². The molecule has 1 amide bonds. The molecule has 0 fully saturated rings. The topological polar surface area (TPSA) is 68.0 Å². The van der Waals surface area contributed by atoms with E-state index in [1.807, 2.05) is 56.3 Å². The fourth-order valence-corrected chi connectivity index (χ4v) is 3.22. The Morgan fingerprint density at radius 3 is 2.62 bits per heavy atom. The SMILES string of the molecule is Cc1ccc(-c2nnc(NC(=O)CCSc3ccc(Cl)cc3)o2)cc1C. The first-order valence-electron chi connectivity index (χ1n) is 8.10. The van der Waals surface area contributed by atoms with Crippen molar-refractivity contribution in [3.63, 3.8) is 0 Å². The Hall–Kier alpha value is -2.31. The molecule has 1 N–H and O–H groups in total. The zero-order valence-electron chi connectivity index (χ0n) is 14.5. The van der Waals surface area contributed by atoms with Crippen molar-refractivity contribution in [1.82, 2.24) is 10.2 Å². The highest BCUT2D eigenvalue weighted by atomic mass is 35.5. The lowest BCUT2D eigenvalue weighted by molar-refractivity contribution is -0.115. The molecule has 0 spiro atoms. The number of anilines is 1. The van der Waals surface area contributed by atoms with Crippen LogP contribution in [0.25, 0.3) is 11.5 Å². The number of thioether (sulfide) groups is 1. The minimum absolute atomic E-state index is 0.111. The van der Waals surface area contributed by atoms with Gasteiger partial charge in [0.1, 0.15) is 0 Å². The highest BCUT2D eigenvalue weighted by Gasteiger charge is 2.12. The fraction of sp³-hybridized carbons (Fsp3) is 0.211. The van der Waals surface area contributed by atoms with Crippen LogP contribution in [0.1, 0.15) is 17.5 Å². The Morgan fingerprint density at radius 2 is 1.88 bits per heavy atom. The quantitative estimate of drug-likeness (QED) is 0.594. The summed E-state index contributed by atoms with van der Waals surface area (Å²) < 4.78 is 5.54. The first kappa shape index (κ1) is 18.5. The second-order valence-corrected chi connectivity index (χ2v) is 7.42. The molecule has 0 aliphatic rings. The third-order valence-corrected chi connectivity index (χ3v) is 5.10. The summed E-state index contributed by atoms with van der Waals surface area (Å²) >= 11 is 7.44. The van der Waals surface area contributed by atoms with E-state index >= 15 is 0 Å². The van der Waals surface area contributed by atoms with Crippen LogP contribution in [0.3, 0.4) is 0 Å². The fourth-order valence-electron chi connectivity index (χ4n) is 2.24. The number of rotatable bonds is 6. The van der Waals surface area contributed by atoms with E-state index in [0.717, 1.165) is 16.0 Å². The van der Waals surface area contributed by atoms with Crippen LogP contribution < -0.4 is 5.32 Å². The van der Waals surface area contributed by atoms with Gasteiger partial charge in [-0.3, -0.25) is 10.1 Å². The monoisotopic (exact) mass is 387 g/mol. The van der Waals surface area contributed by atoms with E-state index in [2.05, 4.69) is 15.5 Å². The van der Waals surface area contributed by atoms with Crippen LogP contribution in [0, 0.1) is 13.8 Å². The summed E-state index contributed by atoms with van der Waals surface area (Å²) in [6.07, 6.45) is 0.342. The number of carbonyl (C=O) groups is 1. The number of aryl methyl sites for hydroxylation is 2. The maximum Gasteiger partial charge on any atom is 0.322 e. The van der Waals surface area contributed by atoms with Gasteiger partial charge in [0, 0.05) is 27.7 Å². The Bertz CT molecular complexity index is 909. The van der Waals surface area contributed by atoms with Crippen molar-refractivity contribution in [3.05, 3.63) is 58.6 Å². The van der Waals surface area contributed by atoms with Gasteiger partial charge in [-0.05, 0) is 61.4 Å². The molecular weight excluding hydrogens is 370 g/mol. The number of hydrogen-bond acceptors (Lipinski definition) is 5. The molecule has 0 bridgehead atoms. The van der Waals surface area contributed by atoms with Crippen LogP contribution in [0.4, 0.5) is 6.01 Å². The molecule has 0 aliphatic heterocycles. The Balaban J connectivity index is 1.52. The normalized spacial score (nSPS) is 10.7. The van der Waals surface area contributed by atoms with Crippen molar-refractivity contribution in [3.8, 4) is 11.5 Å². The highest BCUT2D eigenvalue weighted by Crippen LogP contribution is 2.23. The second kappa shape index (κ2) is 8.38. The van der Waals surface area contributed by atoms with Crippen LogP contribution in [0.2, 0.25) is 5.02 Å². The van der Waals surface area contributed by atoms with Crippen LogP contribution in [-0.2, 0) is 4.79 Å². The number of nitrogens with one attached hydrogen (secondary N) is 1. The lowest BCUT2D eigenvalue weighted by Gasteiger charge is -2.02. The summed E-state index contributed by atoms with van der Waals surface area (Å²) in [4.78, 5) is 13.1. The lowest BCUT2D eigenvalue weighted by atomic mass is 10.1. The summed E-state index contributed by atoms with van der Waals surface area (Å²) in [5, 5.41) is 11.2. The summed E-state index contributed by atoms with van der Waals surface area (Å²) in [5.74, 6) is 0.867. The van der Waals surface area contributed by atoms with Crippen LogP contribution in [0.15, 0.2) is 51.8 Å². The van der Waals surface area contributed by atoms with Gasteiger partial charge >= 0.3 is 6.01 Å². The predicted molar refractivity (Wildman–Crippen MR) is 105 cm³/mol. The molecule has 1 heterocycles. The first-order chi connectivity index (χ1) is 12.5. The Morgan fingerprint density at radius 1 is 1.12 bits per heavy atom. The zero-order valence-corrected chi connectivity index (χ0v) is 16.0. The number of amides is 1. The summed E-state index contributed by atoms with van der Waals surface area (Å²) in [6, 6.07) is 13.5. The second-order valence-electron chi connectivity index (χ2n) is 5.81. The molecule has 0 unspecified atom stereocenters. The van der Waals surface area contributed by atoms with Gasteiger partial charge < -0.3 is 4.42 Å². The molecule has 3 rings (SSSR count). The number of carbonyl (C=O) groups excluding carboxylic acids is 1. The van der Waals surface area contributed by atoms with Gasteiger partial charge in [-0.15, -0.1) is 16.9 Å². The lowest BCUT2D eigenvalue weighted by Crippen LogP contribution is -2.12. The maximum absolute atomic E-state index is 12.0. The minimum Gasteiger partial charge on any atom is -0.403 e. The van der Waals surface area contributed by atoms with Crippen molar-refractivity contribution < 1.29 is 9.21 Å². The van der Waals surface area contributed by atoms with Gasteiger partial charge in [0.2, 0.25) is 11.8 Å². The highest BCUT2D eigenvalue weighted by molar-refractivity contribution is 7.99. The van der Waals surface area contributed by atoms with Crippen molar-refractivity contribution in [2.24, 2.45) is 0 Å². The van der Waals surface area contributed by atoms with E-state index in [-0.39, 0.29) is 11.9 Å². The van der Waals surface area contributed by atoms with E-state index in [9.17, 15) is 4.79 Å². The predicted octanol–water partition coefficient (Wildman–Crippen LogP) is 5.13. The number of nitrogens with zero attached hydrogens (tertiary/aromatic N) is 2. The molecule has 7 heteroatoms. The number of hydrogen-bond donors (Lipinski definition) is 1. The molecule has 0 radical (unpaired) electrons. The van der Waals surface area contributed by atoms with Gasteiger partial charge in [0.15, 0.2) is 0 Å². The summed E-state index contributed by atoms with van der Waals surface area (Å²) in [5.41, 5.74) is 3.17. The molecule has 1 aromatic heterocycles. The van der Waals surface area contributed by atoms with Crippen LogP contribution in [-0.4, -0.2) is 21.9 Å². The molecule has 5 nitrogen and oxygen atoms in total. The third-order valence-electron chi connectivity index (χ3n) is 3.84. The van der Waals surface area contributed by atoms with Gasteiger partial charge in [-0.1, -0.05) is 22.8 Å². The standard InChI is InChI=1S/C19H18ClN3O2S/c1-12-3-4-14(11-13(12)2)18-22-23-19(25-18)21-17(24)9-10-26-16-7-5-15(20)6-8-16/h3-8,11H,9-10H2,1-2H3,(H,21,23,24). The number of halogens is 1. The van der Waals surface area contributed by atoms with Gasteiger partial charge in [-0.2, -0.15) is 0 Å². The zero-order chi connectivity index (χ0) is 18.5. The van der Waals surface area contributed by atoms with E-state index in [0.29, 0.717) is 23.1 Å². The van der Waals surface area contributed by atoms with Crippen molar-refractivity contribution in [2.75, 3.05) is 11.1 Å². The maximum atomic E-state index is 12.0. The van der Waals surface area contributed by atoms with E-state index in [1.165, 1.54) is 5.56 Å². The first-order valence-corrected chi connectivity index (χ1v) is 9.47. The smallest absolute Gasteiger partial charge is 0.322 e. The van der Waals surface area contributed by atoms with Gasteiger partial charge in [-0.25, -0.2) is 0 Å². The molecule has 2 aromatic carbocycles. The molecular formula is C19H18ClN3O2S. The molecule has 26 heavy (non-hydrogen) atoms. The molecule has 0 atom stereocenters. The largest absolute Gasteiger partial charge is 0.403 e. The molecule has 0 saturated heterocycles.